The van der Waals surface area contributed by atoms with Crippen molar-refractivity contribution in [3.8, 4) is 68.5 Å². The normalized spacial score (nSPS) is 19.1. The zero-order valence-electron chi connectivity index (χ0n) is 46.6. The second-order valence-corrected chi connectivity index (χ2v) is 23.3. The SMILES string of the molecule is C[N+]1(CCOc2cccc3c2-c2nc4nc(nc5[nH]c(nc6[nH]c(nc-3n2)c2c(OCC[N+]3(C)CCOCC3)cccc62)c2c(OCC[N+]3(C)CCOCC3)cccc52)-c2c(OCC[N+]3(C)CCOCC3)cccc2-4)CCOCC1. The largest absolute Gasteiger partial charge is 0.487 e. The van der Waals surface area contributed by atoms with E-state index in [0.717, 1.165) is 193 Å². The minimum atomic E-state index is 0.428. The summed E-state index contributed by atoms with van der Waals surface area (Å²) in [5.41, 5.74) is 5.28. The number of rotatable bonds is 16. The lowest BCUT2D eigenvalue weighted by molar-refractivity contribution is -0.916. The number of nitrogens with one attached hydrogen (secondary N) is 2. The van der Waals surface area contributed by atoms with E-state index >= 15 is 0 Å². The van der Waals surface area contributed by atoms with Crippen LogP contribution in [0.15, 0.2) is 72.8 Å². The van der Waals surface area contributed by atoms with Crippen LogP contribution in [0.25, 0.3) is 89.7 Å². The Hall–Kier alpha value is -6.88. The van der Waals surface area contributed by atoms with Gasteiger partial charge in [-0.15, -0.1) is 0 Å². The first-order chi connectivity index (χ1) is 39.0. The Kier molecular flexibility index (Phi) is 14.4. The number of aromatic nitrogens is 8. The van der Waals surface area contributed by atoms with Crippen molar-refractivity contribution in [2.45, 2.75) is 0 Å². The van der Waals surface area contributed by atoms with Crippen LogP contribution in [-0.4, -0.2) is 244 Å². The summed E-state index contributed by atoms with van der Waals surface area (Å²) in [5.74, 6) is 4.50. The van der Waals surface area contributed by atoms with Gasteiger partial charge in [0, 0.05) is 21.9 Å². The molecule has 0 unspecified atom stereocenters. The van der Waals surface area contributed by atoms with Crippen molar-refractivity contribution in [1.82, 2.24) is 39.9 Å². The maximum Gasteiger partial charge on any atom is 0.168 e. The molecule has 418 valence electrons. The molecular weight excluding hydrogens is 1020 g/mol. The van der Waals surface area contributed by atoms with Crippen LogP contribution in [-0.2, 0) is 18.9 Å². The topological polar surface area (TPSA) is 183 Å². The smallest absolute Gasteiger partial charge is 0.168 e. The van der Waals surface area contributed by atoms with Gasteiger partial charge < -0.3 is 65.8 Å². The first-order valence-corrected chi connectivity index (χ1v) is 28.5. The highest BCUT2D eigenvalue weighted by Gasteiger charge is 2.32. The van der Waals surface area contributed by atoms with Gasteiger partial charge in [-0.1, -0.05) is 48.5 Å². The number of aromatic amines is 2. The second-order valence-electron chi connectivity index (χ2n) is 23.3. The lowest BCUT2D eigenvalue weighted by Crippen LogP contribution is -2.53. The minimum absolute atomic E-state index is 0.428. The van der Waals surface area contributed by atoms with Gasteiger partial charge in [0.15, 0.2) is 23.3 Å². The third-order valence-corrected chi connectivity index (χ3v) is 17.5. The van der Waals surface area contributed by atoms with Gasteiger partial charge in [0.2, 0.25) is 0 Å². The van der Waals surface area contributed by atoms with Crippen LogP contribution in [0.2, 0.25) is 0 Å². The van der Waals surface area contributed by atoms with Gasteiger partial charge in [0.25, 0.3) is 0 Å². The lowest BCUT2D eigenvalue weighted by Gasteiger charge is -2.37. The van der Waals surface area contributed by atoms with Gasteiger partial charge in [-0.3, -0.25) is 0 Å². The molecule has 9 heterocycles. The quantitative estimate of drug-likeness (QED) is 0.103. The Morgan fingerprint density at radius 1 is 0.362 bits per heavy atom. The van der Waals surface area contributed by atoms with Crippen molar-refractivity contribution < 1.29 is 55.8 Å². The number of hydrogen-bond acceptors (Lipinski definition) is 14. The number of likely N-dealkylation sites (N-methyl/N-ethyl adjacent to an activating group) is 4. The summed E-state index contributed by atoms with van der Waals surface area (Å²) in [6, 6.07) is 24.2. The van der Waals surface area contributed by atoms with Crippen LogP contribution < -0.4 is 18.9 Å². The maximum absolute atomic E-state index is 6.81. The van der Waals surface area contributed by atoms with E-state index in [9.17, 15) is 0 Å². The minimum Gasteiger partial charge on any atom is -0.487 e. The van der Waals surface area contributed by atoms with Gasteiger partial charge in [-0.05, 0) is 24.3 Å². The van der Waals surface area contributed by atoms with Gasteiger partial charge >= 0.3 is 0 Å². The molecule has 6 aliphatic heterocycles. The number of H-pyrrole nitrogens is 2. The molecule has 0 atom stereocenters. The van der Waals surface area contributed by atoms with E-state index in [1.165, 1.54) is 0 Å². The number of nitrogens with zero attached hydrogens (tertiary/aromatic N) is 10. The standard InChI is InChI=1S/C60H74N12O8/c1-69(17-29-73-30-18-69)25-37-77-45-13-5-9-41-49(45)57-61-53(41)66-58-51-43(11-7-15-47(51)79-39-27-71(3)21-33-75-34-22-71)55(63-58)68-60-52-44(12-8-16-48(52)80-40-28-72(4)23-35-76-36-24-72)56(64-60)67-59-50-42(54(62-59)65-57)10-6-14-46(50)78-38-26-70(2)19-31-74-32-20-70/h5-16H,17-40H2,1-4H3,(H2,61,62,63,64,65,66,67,68)/q+4. The van der Waals surface area contributed by atoms with Crippen LogP contribution in [0.1, 0.15) is 0 Å². The van der Waals surface area contributed by atoms with Crippen molar-refractivity contribution in [2.75, 3.05) is 186 Å². The molecule has 6 aliphatic rings. The molecule has 20 heteroatoms. The third-order valence-electron chi connectivity index (χ3n) is 17.5. The average Bonchev–Trinajstić information content (AvgIpc) is 4.31. The molecular formula is C60H74N12O8+4. The second kappa shape index (κ2) is 21.9. The van der Waals surface area contributed by atoms with Gasteiger partial charge in [0.1, 0.15) is 151 Å². The van der Waals surface area contributed by atoms with E-state index in [1.807, 2.05) is 60.7 Å². The lowest BCUT2D eigenvalue weighted by atomic mass is 10.1. The molecule has 0 saturated carbocycles. The number of morpholine rings is 4. The van der Waals surface area contributed by atoms with E-state index in [4.69, 9.17) is 67.8 Å². The average molecular weight is 1090 g/mol. The van der Waals surface area contributed by atoms with Crippen LogP contribution >= 0.6 is 0 Å². The van der Waals surface area contributed by atoms with Crippen molar-refractivity contribution >= 4 is 44.1 Å². The molecule has 4 aromatic carbocycles. The molecule has 0 radical (unpaired) electrons. The highest BCUT2D eigenvalue weighted by molar-refractivity contribution is 6.11. The summed E-state index contributed by atoms with van der Waals surface area (Å²) < 4.78 is 53.6. The van der Waals surface area contributed by atoms with Crippen molar-refractivity contribution in [3.63, 3.8) is 0 Å². The monoisotopic (exact) mass is 1090 g/mol. The number of benzene rings is 4. The van der Waals surface area contributed by atoms with Crippen LogP contribution in [0.3, 0.4) is 0 Å². The van der Waals surface area contributed by atoms with Crippen LogP contribution in [0, 0.1) is 0 Å². The highest BCUT2D eigenvalue weighted by Crippen LogP contribution is 2.45. The molecule has 8 bridgehead atoms. The van der Waals surface area contributed by atoms with Crippen LogP contribution in [0.4, 0.5) is 0 Å². The summed E-state index contributed by atoms with van der Waals surface area (Å²) in [6.07, 6.45) is 0. The molecule has 0 aliphatic carbocycles. The molecule has 3 aromatic heterocycles. The zero-order chi connectivity index (χ0) is 54.3. The maximum atomic E-state index is 6.81. The molecule has 7 aromatic rings. The van der Waals surface area contributed by atoms with E-state index in [2.05, 4.69) is 50.3 Å². The van der Waals surface area contributed by atoms with E-state index in [-0.39, 0.29) is 0 Å². The van der Waals surface area contributed by atoms with Crippen molar-refractivity contribution in [1.29, 1.82) is 0 Å². The molecule has 20 nitrogen and oxygen atoms in total. The molecule has 0 amide bonds. The fourth-order valence-electron chi connectivity index (χ4n) is 11.9. The molecule has 4 saturated heterocycles. The molecule has 4 fully saturated rings. The van der Waals surface area contributed by atoms with Gasteiger partial charge in [0.05, 0.1) is 103 Å². The molecule has 80 heavy (non-hydrogen) atoms. The van der Waals surface area contributed by atoms with Gasteiger partial charge in [-0.25, -0.2) is 29.9 Å². The number of ether oxygens (including phenoxy) is 8. The Morgan fingerprint density at radius 3 is 1.09 bits per heavy atom. The Labute approximate surface area is 465 Å². The number of quaternary nitrogens is 4. The Morgan fingerprint density at radius 2 is 0.675 bits per heavy atom. The summed E-state index contributed by atoms with van der Waals surface area (Å²) in [6.45, 7) is 18.6. The molecule has 13 rings (SSSR count). The summed E-state index contributed by atoms with van der Waals surface area (Å²) in [7, 11) is 9.08. The van der Waals surface area contributed by atoms with Crippen molar-refractivity contribution in [2.24, 2.45) is 0 Å². The van der Waals surface area contributed by atoms with E-state index in [1.54, 1.807) is 0 Å². The van der Waals surface area contributed by atoms with E-state index in [0.29, 0.717) is 95.3 Å². The van der Waals surface area contributed by atoms with Gasteiger partial charge in [-0.2, -0.15) is 0 Å². The fraction of sp³-hybridized carbons (Fsp3) is 0.467. The summed E-state index contributed by atoms with van der Waals surface area (Å²) in [4.78, 5) is 39.8. The summed E-state index contributed by atoms with van der Waals surface area (Å²) in [5, 5.41) is 3.23. The first-order valence-electron chi connectivity index (χ1n) is 28.5. The number of fused-ring (bicyclic) bond motifs is 20. The zero-order valence-corrected chi connectivity index (χ0v) is 46.6. The fourth-order valence-corrected chi connectivity index (χ4v) is 11.9. The molecule has 2 N–H and O–H groups in total. The third kappa shape index (κ3) is 10.7. The summed E-state index contributed by atoms with van der Waals surface area (Å²) >= 11 is 0. The predicted octanol–water partition coefficient (Wildman–Crippen LogP) is 6.29. The Balaban J connectivity index is 1.01. The van der Waals surface area contributed by atoms with Crippen molar-refractivity contribution in [3.05, 3.63) is 72.8 Å². The van der Waals surface area contributed by atoms with Crippen LogP contribution in [0.5, 0.6) is 23.0 Å². The van der Waals surface area contributed by atoms with E-state index < -0.39 is 0 Å². The first kappa shape index (κ1) is 52.5. The Bertz CT molecular complexity index is 3600. The highest BCUT2D eigenvalue weighted by atomic mass is 16.5. The predicted molar refractivity (Wildman–Crippen MR) is 304 cm³/mol. The number of hydrogen-bond donors (Lipinski definition) is 2. The molecule has 0 spiro atoms.